The van der Waals surface area contributed by atoms with Crippen molar-refractivity contribution in [1.82, 2.24) is 35.7 Å². The van der Waals surface area contributed by atoms with Crippen molar-refractivity contribution in [3.05, 3.63) is 120 Å². The summed E-state index contributed by atoms with van der Waals surface area (Å²) >= 11 is 0. The van der Waals surface area contributed by atoms with E-state index in [4.69, 9.17) is 4.74 Å². The minimum absolute atomic E-state index is 0.0562. The van der Waals surface area contributed by atoms with Crippen molar-refractivity contribution in [2.45, 2.75) is 105 Å². The van der Waals surface area contributed by atoms with E-state index in [1.165, 1.54) is 7.11 Å². The molecule has 0 radical (unpaired) electrons. The summed E-state index contributed by atoms with van der Waals surface area (Å²) in [6, 6.07) is 25.4. The van der Waals surface area contributed by atoms with Crippen LogP contribution in [-0.4, -0.2) is 99.3 Å². The third-order valence-electron chi connectivity index (χ3n) is 10.7. The van der Waals surface area contributed by atoms with Gasteiger partial charge in [0.25, 0.3) is 0 Å². The van der Waals surface area contributed by atoms with Gasteiger partial charge in [-0.05, 0) is 72.4 Å². The number of hydrogen-bond acceptors (Lipinski definition) is 8. The number of benzene rings is 2. The fourth-order valence-corrected chi connectivity index (χ4v) is 7.70. The Morgan fingerprint density at radius 3 is 2.08 bits per heavy atom. The van der Waals surface area contributed by atoms with Crippen LogP contribution in [0.25, 0.3) is 11.3 Å². The van der Waals surface area contributed by atoms with Crippen LogP contribution in [0, 0.1) is 17.8 Å². The molecule has 2 unspecified atom stereocenters. The first-order chi connectivity index (χ1) is 28.4. The van der Waals surface area contributed by atoms with E-state index in [1.807, 2.05) is 139 Å². The molecule has 1 aliphatic rings. The van der Waals surface area contributed by atoms with Crippen LogP contribution in [0.15, 0.2) is 97.2 Å². The number of rotatable bonds is 16. The Bertz CT molecular complexity index is 2050. The quantitative estimate of drug-likeness (QED) is 0.106. The van der Waals surface area contributed by atoms with Crippen molar-refractivity contribution in [1.29, 1.82) is 0 Å². The summed E-state index contributed by atoms with van der Waals surface area (Å²) < 4.78 is 4.84. The van der Waals surface area contributed by atoms with Gasteiger partial charge >= 0.3 is 12.1 Å². The van der Waals surface area contributed by atoms with Gasteiger partial charge in [-0.15, -0.1) is 0 Å². The molecule has 60 heavy (non-hydrogen) atoms. The lowest BCUT2D eigenvalue weighted by Gasteiger charge is -2.38. The predicted molar refractivity (Wildman–Crippen MR) is 232 cm³/mol. The monoisotopic (exact) mass is 819 g/mol. The number of aliphatic hydroxyl groups excluding tert-OH is 1. The molecule has 4 aromatic rings. The average Bonchev–Trinajstić information content (AvgIpc) is 3.54. The van der Waals surface area contributed by atoms with E-state index in [0.29, 0.717) is 26.1 Å². The predicted octanol–water partition coefficient (Wildman–Crippen LogP) is 6.08. The highest BCUT2D eigenvalue weighted by Gasteiger charge is 2.44. The summed E-state index contributed by atoms with van der Waals surface area (Å²) in [4.78, 5) is 67.3. The molecule has 1 fully saturated rings. The SMILES string of the molecule is COC(=O)NC(C(=O)N[C@H](Cc1ccc(-c2ccccn2)cc1)C[C@H](O)[C@H](Cc1ccccc1)NC(=O)C(N1CCN(Cc2cccc(C)n2)C1=O)C(C)(C)C)C(C)(C)C. The summed E-state index contributed by atoms with van der Waals surface area (Å²) in [5, 5.41) is 21.2. The van der Waals surface area contributed by atoms with E-state index in [1.54, 1.807) is 16.0 Å². The van der Waals surface area contributed by atoms with Crippen LogP contribution >= 0.6 is 0 Å². The van der Waals surface area contributed by atoms with Gasteiger partial charge in [0.15, 0.2) is 0 Å². The Morgan fingerprint density at radius 1 is 0.783 bits per heavy atom. The minimum Gasteiger partial charge on any atom is -0.453 e. The van der Waals surface area contributed by atoms with Crippen LogP contribution in [0.3, 0.4) is 0 Å². The van der Waals surface area contributed by atoms with E-state index in [2.05, 4.69) is 25.9 Å². The van der Waals surface area contributed by atoms with Crippen LogP contribution < -0.4 is 16.0 Å². The lowest BCUT2D eigenvalue weighted by Crippen LogP contribution is -2.59. The number of urea groups is 1. The Hall–Kier alpha value is -5.82. The maximum absolute atomic E-state index is 14.6. The third kappa shape index (κ3) is 12.4. The summed E-state index contributed by atoms with van der Waals surface area (Å²) in [6.07, 6.45) is 0.536. The van der Waals surface area contributed by atoms with Gasteiger partial charge in [-0.2, -0.15) is 0 Å². The zero-order chi connectivity index (χ0) is 43.6. The van der Waals surface area contributed by atoms with Crippen molar-refractivity contribution in [3.63, 3.8) is 0 Å². The number of aryl methyl sites for hydroxylation is 1. The van der Waals surface area contributed by atoms with E-state index in [0.717, 1.165) is 33.8 Å². The highest BCUT2D eigenvalue weighted by molar-refractivity contribution is 5.89. The van der Waals surface area contributed by atoms with E-state index < -0.39 is 53.1 Å². The molecule has 1 aliphatic heterocycles. The molecule has 13 nitrogen and oxygen atoms in total. The van der Waals surface area contributed by atoms with Gasteiger partial charge < -0.3 is 35.6 Å². The molecule has 13 heteroatoms. The van der Waals surface area contributed by atoms with Gasteiger partial charge in [0.05, 0.1) is 37.2 Å². The number of amides is 5. The number of hydrogen-bond donors (Lipinski definition) is 4. The number of pyridine rings is 2. The van der Waals surface area contributed by atoms with Crippen molar-refractivity contribution in [2.24, 2.45) is 10.8 Å². The van der Waals surface area contributed by atoms with Gasteiger partial charge in [-0.25, -0.2) is 9.59 Å². The molecular weight excluding hydrogens is 759 g/mol. The van der Waals surface area contributed by atoms with Crippen LogP contribution in [0.2, 0.25) is 0 Å². The summed E-state index contributed by atoms with van der Waals surface area (Å²) in [5.74, 6) is -0.822. The summed E-state index contributed by atoms with van der Waals surface area (Å²) in [7, 11) is 1.24. The molecule has 5 rings (SSSR count). The van der Waals surface area contributed by atoms with Crippen molar-refractivity contribution >= 4 is 23.9 Å². The molecule has 3 heterocycles. The van der Waals surface area contributed by atoms with Crippen LogP contribution in [0.1, 0.15) is 70.5 Å². The molecule has 2 aromatic heterocycles. The Labute approximate surface area is 354 Å². The Balaban J connectivity index is 1.42. The van der Waals surface area contributed by atoms with Gasteiger partial charge in [0, 0.05) is 36.6 Å². The normalized spacial score (nSPS) is 15.7. The third-order valence-corrected chi connectivity index (χ3v) is 10.7. The van der Waals surface area contributed by atoms with Crippen molar-refractivity contribution in [3.8, 4) is 11.3 Å². The Morgan fingerprint density at radius 2 is 1.47 bits per heavy atom. The van der Waals surface area contributed by atoms with Gasteiger partial charge in [0.1, 0.15) is 12.1 Å². The fourth-order valence-electron chi connectivity index (χ4n) is 7.70. The number of methoxy groups -OCH3 is 1. The molecule has 1 saturated heterocycles. The lowest BCUT2D eigenvalue weighted by atomic mass is 9.84. The topological polar surface area (TPSA) is 166 Å². The highest BCUT2D eigenvalue weighted by atomic mass is 16.5. The van der Waals surface area contributed by atoms with Crippen LogP contribution in [0.5, 0.6) is 0 Å². The number of aromatic nitrogens is 2. The maximum Gasteiger partial charge on any atom is 0.407 e. The maximum atomic E-state index is 14.6. The number of aliphatic hydroxyl groups is 1. The molecule has 0 bridgehead atoms. The second-order valence-corrected chi connectivity index (χ2v) is 17.8. The van der Waals surface area contributed by atoms with Crippen molar-refractivity contribution in [2.75, 3.05) is 20.2 Å². The zero-order valence-corrected chi connectivity index (χ0v) is 36.1. The van der Waals surface area contributed by atoms with Gasteiger partial charge in [-0.1, -0.05) is 108 Å². The molecule has 0 saturated carbocycles. The average molecular weight is 820 g/mol. The number of alkyl carbamates (subject to hydrolysis) is 1. The fraction of sp³-hybridized carbons (Fsp3) is 0.447. The molecule has 5 amide bonds. The van der Waals surface area contributed by atoms with Crippen LogP contribution in [0.4, 0.5) is 9.59 Å². The van der Waals surface area contributed by atoms with Gasteiger partial charge in [0.2, 0.25) is 11.8 Å². The number of nitrogens with one attached hydrogen (secondary N) is 3. The molecule has 2 aromatic carbocycles. The standard InChI is InChI=1S/C47H61N7O6/c1-31-15-14-18-35(49-31)30-53-25-26-54(45(53)59)41(47(5,6)7)43(57)51-38(28-32-16-10-9-11-17-32)39(55)29-36(50-42(56)40(46(2,3)4)52-44(58)60-8)27-33-20-22-34(23-21-33)37-19-12-13-24-48-37/h9-24,36,38-41,55H,25-30H2,1-8H3,(H,50,56)(H,51,57)(H,52,58)/t36-,38+,39+,40?,41?/m1/s1. The first kappa shape index (κ1) is 45.3. The van der Waals surface area contributed by atoms with Crippen LogP contribution in [-0.2, 0) is 33.7 Å². The second-order valence-electron chi connectivity index (χ2n) is 17.8. The Kier molecular flexibility index (Phi) is 15.1. The lowest BCUT2D eigenvalue weighted by molar-refractivity contribution is -0.131. The minimum atomic E-state index is -1.15. The molecular formula is C47H61N7O6. The largest absolute Gasteiger partial charge is 0.453 e. The highest BCUT2D eigenvalue weighted by Crippen LogP contribution is 2.29. The molecule has 0 aliphatic carbocycles. The van der Waals surface area contributed by atoms with E-state index in [-0.39, 0.29) is 24.8 Å². The van der Waals surface area contributed by atoms with Gasteiger partial charge in [-0.3, -0.25) is 19.6 Å². The number of ether oxygens (including phenoxy) is 1. The molecule has 0 spiro atoms. The number of carbonyl (C=O) groups is 4. The molecule has 4 N–H and O–H groups in total. The smallest absolute Gasteiger partial charge is 0.407 e. The first-order valence-electron chi connectivity index (χ1n) is 20.6. The zero-order valence-electron chi connectivity index (χ0n) is 36.1. The molecule has 320 valence electrons. The first-order valence-corrected chi connectivity index (χ1v) is 20.6. The summed E-state index contributed by atoms with van der Waals surface area (Å²) in [6.45, 7) is 14.3. The summed E-state index contributed by atoms with van der Waals surface area (Å²) in [5.41, 5.74) is 3.83. The molecule has 5 atom stereocenters. The number of nitrogens with zero attached hydrogens (tertiary/aromatic N) is 4. The van der Waals surface area contributed by atoms with E-state index in [9.17, 15) is 24.3 Å². The number of carbonyl (C=O) groups excluding carboxylic acids is 4. The van der Waals surface area contributed by atoms with E-state index >= 15 is 0 Å². The van der Waals surface area contributed by atoms with Crippen molar-refractivity contribution < 1.29 is 29.0 Å². The second kappa shape index (κ2) is 20.0.